The minimum Gasteiger partial charge on any atom is -0.481 e. The summed E-state index contributed by atoms with van der Waals surface area (Å²) in [5.41, 5.74) is 5.12. The van der Waals surface area contributed by atoms with Crippen LogP contribution in [0.5, 0.6) is 5.88 Å². The summed E-state index contributed by atoms with van der Waals surface area (Å²) in [5.74, 6) is -0.374. The largest absolute Gasteiger partial charge is 0.481 e. The van der Waals surface area contributed by atoms with Gasteiger partial charge in [0.05, 0.1) is 24.4 Å². The molecule has 1 N–H and O–H groups in total. The molecule has 0 bridgehead atoms. The molecule has 0 aliphatic rings. The van der Waals surface area contributed by atoms with Gasteiger partial charge in [-0.3, -0.25) is 9.48 Å². The highest BCUT2D eigenvalue weighted by molar-refractivity contribution is 7.13. The molecule has 0 aliphatic heterocycles. The number of hydrogen-bond donors (Lipinski definition) is 1. The lowest BCUT2D eigenvalue weighted by Crippen LogP contribution is -2.02. The van der Waals surface area contributed by atoms with Crippen molar-refractivity contribution in [2.75, 3.05) is 0 Å². The van der Waals surface area contributed by atoms with E-state index in [2.05, 4.69) is 15.1 Å². The van der Waals surface area contributed by atoms with Gasteiger partial charge < -0.3 is 9.84 Å². The molecular weight excluding hydrogens is 460 g/mol. The van der Waals surface area contributed by atoms with Crippen molar-refractivity contribution in [2.24, 2.45) is 0 Å². The van der Waals surface area contributed by atoms with E-state index in [9.17, 15) is 9.90 Å². The summed E-state index contributed by atoms with van der Waals surface area (Å²) in [6, 6.07) is 23.4. The van der Waals surface area contributed by atoms with Gasteiger partial charge in [0, 0.05) is 40.5 Å². The maximum atomic E-state index is 11.3. The fourth-order valence-electron chi connectivity index (χ4n) is 3.69. The van der Waals surface area contributed by atoms with Gasteiger partial charge in [-0.2, -0.15) is 5.10 Å². The first-order valence-electron chi connectivity index (χ1n) is 11.0. The topological polar surface area (TPSA) is 90.1 Å². The molecule has 0 spiro atoms. The average Bonchev–Trinajstić information content (AvgIpc) is 3.51. The lowest BCUT2D eigenvalue weighted by atomic mass is 10.1. The first kappa shape index (κ1) is 22.5. The van der Waals surface area contributed by atoms with Crippen molar-refractivity contribution >= 4 is 17.3 Å². The highest BCUT2D eigenvalue weighted by atomic mass is 32.1. The predicted molar refractivity (Wildman–Crippen MR) is 134 cm³/mol. The number of rotatable bonds is 9. The molecule has 3 heterocycles. The monoisotopic (exact) mass is 482 g/mol. The zero-order valence-electron chi connectivity index (χ0n) is 18.7. The highest BCUT2D eigenvalue weighted by Crippen LogP contribution is 2.25. The fraction of sp³-hybridized carbons (Fsp3) is 0.111. The molecule has 0 fully saturated rings. The van der Waals surface area contributed by atoms with Crippen LogP contribution in [0.1, 0.15) is 16.8 Å². The number of carbonyl (C=O) groups is 1. The summed E-state index contributed by atoms with van der Waals surface area (Å²) in [5, 5.41) is 16.9. The van der Waals surface area contributed by atoms with E-state index in [1.807, 2.05) is 78.2 Å². The Balaban J connectivity index is 1.24. The van der Waals surface area contributed by atoms with E-state index in [-0.39, 0.29) is 6.42 Å². The third-order valence-corrected chi connectivity index (χ3v) is 6.25. The summed E-state index contributed by atoms with van der Waals surface area (Å²) in [6.07, 6.45) is 3.44. The van der Waals surface area contributed by atoms with E-state index in [0.717, 1.165) is 27.4 Å². The van der Waals surface area contributed by atoms with E-state index in [1.165, 1.54) is 0 Å². The lowest BCUT2D eigenvalue weighted by Gasteiger charge is -2.05. The van der Waals surface area contributed by atoms with E-state index in [4.69, 9.17) is 4.74 Å². The van der Waals surface area contributed by atoms with Crippen LogP contribution in [0.25, 0.3) is 21.8 Å². The quantitative estimate of drug-likeness (QED) is 0.306. The van der Waals surface area contributed by atoms with E-state index < -0.39 is 5.97 Å². The Morgan fingerprint density at radius 1 is 0.971 bits per heavy atom. The lowest BCUT2D eigenvalue weighted by molar-refractivity contribution is -0.136. The van der Waals surface area contributed by atoms with Crippen LogP contribution >= 0.6 is 11.3 Å². The summed E-state index contributed by atoms with van der Waals surface area (Å²) in [6.45, 7) is 0.813. The Morgan fingerprint density at radius 2 is 1.71 bits per heavy atom. The number of nitrogens with zero attached hydrogens (tertiary/aromatic N) is 4. The van der Waals surface area contributed by atoms with Crippen molar-refractivity contribution in [2.45, 2.75) is 19.6 Å². The van der Waals surface area contributed by atoms with Gasteiger partial charge in [-0.25, -0.2) is 9.97 Å². The van der Waals surface area contributed by atoms with Crippen LogP contribution in [0.4, 0.5) is 0 Å². The third kappa shape index (κ3) is 5.62. The molecule has 0 saturated carbocycles. The molecule has 0 amide bonds. The van der Waals surface area contributed by atoms with Crippen LogP contribution in [0.15, 0.2) is 90.6 Å². The number of benzene rings is 2. The van der Waals surface area contributed by atoms with Crippen LogP contribution in [0, 0.1) is 0 Å². The second-order valence-electron chi connectivity index (χ2n) is 7.94. The van der Waals surface area contributed by atoms with Crippen LogP contribution in [0.3, 0.4) is 0 Å². The molecule has 0 atom stereocenters. The Morgan fingerprint density at radius 3 is 2.40 bits per heavy atom. The molecule has 0 radical (unpaired) electrons. The standard InChI is InChI=1S/C27H22N4O3S/c32-25(33)13-22-16-31(30-26(22)20-7-3-1-4-8-20)15-19-11-12-24(28-14-19)34-17-23-18-35-27(29-23)21-9-5-2-6-10-21/h1-12,14,16,18H,13,15,17H2,(H,32,33). The SMILES string of the molecule is O=C(O)Cc1cn(Cc2ccc(OCc3csc(-c4ccccc4)n3)nc2)nc1-c1ccccc1. The first-order valence-corrected chi connectivity index (χ1v) is 11.9. The molecule has 3 aromatic heterocycles. The number of pyridine rings is 1. The second kappa shape index (κ2) is 10.3. The van der Waals surface area contributed by atoms with Crippen molar-refractivity contribution in [1.29, 1.82) is 0 Å². The number of carboxylic acids is 1. The van der Waals surface area contributed by atoms with Crippen molar-refractivity contribution in [3.05, 3.63) is 107 Å². The Bertz CT molecular complexity index is 1410. The maximum Gasteiger partial charge on any atom is 0.307 e. The maximum absolute atomic E-state index is 11.3. The minimum atomic E-state index is -0.888. The van der Waals surface area contributed by atoms with Crippen LogP contribution < -0.4 is 4.74 Å². The smallest absolute Gasteiger partial charge is 0.307 e. The molecule has 2 aromatic carbocycles. The molecule has 0 unspecified atom stereocenters. The Hall–Kier alpha value is -4.30. The second-order valence-corrected chi connectivity index (χ2v) is 8.80. The molecular formula is C27H22N4O3S. The fourth-order valence-corrected chi connectivity index (χ4v) is 4.50. The molecule has 8 heteroatoms. The van der Waals surface area contributed by atoms with E-state index >= 15 is 0 Å². The number of carboxylic acid groups (broad SMARTS) is 1. The molecule has 5 rings (SSSR count). The number of aliphatic carboxylic acids is 1. The molecule has 5 aromatic rings. The average molecular weight is 483 g/mol. The zero-order chi connectivity index (χ0) is 24.0. The van der Waals surface area contributed by atoms with Gasteiger partial charge in [0.1, 0.15) is 11.6 Å². The van der Waals surface area contributed by atoms with Crippen molar-refractivity contribution in [3.63, 3.8) is 0 Å². The molecule has 7 nitrogen and oxygen atoms in total. The van der Waals surface area contributed by atoms with Crippen LogP contribution in [0.2, 0.25) is 0 Å². The van der Waals surface area contributed by atoms with Gasteiger partial charge in [-0.15, -0.1) is 11.3 Å². The Labute approximate surface area is 206 Å². The van der Waals surface area contributed by atoms with Crippen molar-refractivity contribution in [3.8, 4) is 27.7 Å². The van der Waals surface area contributed by atoms with Gasteiger partial charge >= 0.3 is 5.97 Å². The van der Waals surface area contributed by atoms with Crippen LogP contribution in [-0.2, 0) is 24.4 Å². The van der Waals surface area contributed by atoms with Gasteiger partial charge in [0.25, 0.3) is 0 Å². The summed E-state index contributed by atoms with van der Waals surface area (Å²) in [4.78, 5) is 20.4. The number of hydrogen-bond acceptors (Lipinski definition) is 6. The molecule has 0 aliphatic carbocycles. The number of aromatic nitrogens is 4. The highest BCUT2D eigenvalue weighted by Gasteiger charge is 2.14. The third-order valence-electron chi connectivity index (χ3n) is 5.31. The van der Waals surface area contributed by atoms with Gasteiger partial charge in [-0.05, 0) is 5.56 Å². The Kier molecular flexibility index (Phi) is 6.63. The van der Waals surface area contributed by atoms with Gasteiger partial charge in [-0.1, -0.05) is 66.7 Å². The number of thiazole rings is 1. The predicted octanol–water partition coefficient (Wildman–Crippen LogP) is 5.32. The minimum absolute atomic E-state index is 0.0855. The summed E-state index contributed by atoms with van der Waals surface area (Å²) >= 11 is 1.59. The van der Waals surface area contributed by atoms with Gasteiger partial charge in [0.2, 0.25) is 5.88 Å². The molecule has 0 saturated heterocycles. The summed E-state index contributed by atoms with van der Waals surface area (Å²) < 4.78 is 7.57. The zero-order valence-corrected chi connectivity index (χ0v) is 19.6. The van der Waals surface area contributed by atoms with Crippen molar-refractivity contribution < 1.29 is 14.6 Å². The van der Waals surface area contributed by atoms with Crippen molar-refractivity contribution in [1.82, 2.24) is 19.7 Å². The van der Waals surface area contributed by atoms with E-state index in [1.54, 1.807) is 28.4 Å². The first-order chi connectivity index (χ1) is 17.1. The molecule has 35 heavy (non-hydrogen) atoms. The van der Waals surface area contributed by atoms with Crippen LogP contribution in [-0.4, -0.2) is 30.8 Å². The van der Waals surface area contributed by atoms with E-state index in [0.29, 0.717) is 30.3 Å². The molecule has 174 valence electrons. The normalized spacial score (nSPS) is 10.9. The summed E-state index contributed by atoms with van der Waals surface area (Å²) in [7, 11) is 0. The van der Waals surface area contributed by atoms with Gasteiger partial charge in [0.15, 0.2) is 0 Å². The number of ether oxygens (including phenoxy) is 1.